The summed E-state index contributed by atoms with van der Waals surface area (Å²) in [6, 6.07) is 3.95. The molecule has 1 saturated heterocycles. The summed E-state index contributed by atoms with van der Waals surface area (Å²) in [6.45, 7) is 8.23. The first-order chi connectivity index (χ1) is 13.5. The van der Waals surface area contributed by atoms with Crippen LogP contribution in [-0.2, 0) is 17.8 Å². The number of amides is 1. The molecule has 4 heterocycles. The molecule has 1 aliphatic heterocycles. The van der Waals surface area contributed by atoms with Crippen LogP contribution in [0.4, 0.5) is 0 Å². The van der Waals surface area contributed by atoms with E-state index in [1.54, 1.807) is 6.20 Å². The zero-order valence-electron chi connectivity index (χ0n) is 16.6. The van der Waals surface area contributed by atoms with Gasteiger partial charge in [-0.2, -0.15) is 0 Å². The van der Waals surface area contributed by atoms with Gasteiger partial charge in [-0.25, -0.2) is 4.98 Å². The van der Waals surface area contributed by atoms with E-state index in [9.17, 15) is 4.79 Å². The molecule has 28 heavy (non-hydrogen) atoms. The zero-order valence-corrected chi connectivity index (χ0v) is 16.6. The second kappa shape index (κ2) is 7.58. The van der Waals surface area contributed by atoms with Crippen LogP contribution >= 0.6 is 0 Å². The van der Waals surface area contributed by atoms with Crippen LogP contribution in [0.25, 0.3) is 11.4 Å². The van der Waals surface area contributed by atoms with Gasteiger partial charge in [0.15, 0.2) is 0 Å². The molecule has 1 fully saturated rings. The van der Waals surface area contributed by atoms with Crippen LogP contribution in [0.1, 0.15) is 29.1 Å². The van der Waals surface area contributed by atoms with E-state index < -0.39 is 0 Å². The van der Waals surface area contributed by atoms with Crippen molar-refractivity contribution in [2.45, 2.75) is 40.2 Å². The summed E-state index contributed by atoms with van der Waals surface area (Å²) in [7, 11) is 0. The van der Waals surface area contributed by atoms with Gasteiger partial charge in [-0.05, 0) is 45.2 Å². The molecule has 0 spiro atoms. The number of aryl methyl sites for hydroxylation is 3. The highest BCUT2D eigenvalue weighted by molar-refractivity contribution is 5.79. The van der Waals surface area contributed by atoms with Crippen LogP contribution in [0, 0.1) is 26.7 Å². The number of rotatable bonds is 5. The van der Waals surface area contributed by atoms with E-state index in [2.05, 4.69) is 26.6 Å². The number of carbonyl (C=O) groups is 1. The first-order valence-corrected chi connectivity index (χ1v) is 9.65. The minimum Gasteiger partial charge on any atom is -0.361 e. The lowest BCUT2D eigenvalue weighted by atomic mass is 10.1. The minimum atomic E-state index is 0.145. The van der Waals surface area contributed by atoms with Gasteiger partial charge < -0.3 is 14.0 Å². The van der Waals surface area contributed by atoms with Crippen LogP contribution < -0.4 is 0 Å². The number of aromatic nitrogens is 4. The van der Waals surface area contributed by atoms with Crippen LogP contribution in [0.5, 0.6) is 0 Å². The standard InChI is InChI=1S/C21H25N5O2/c1-14-10-23-21(18-5-4-7-22-11-18)26(14)13-17-6-8-25(12-17)20(27)9-19-15(2)24-28-16(19)3/h4-5,7,10-11,17H,6,8-9,12-13H2,1-3H3. The van der Waals surface area contributed by atoms with Gasteiger partial charge in [-0.3, -0.25) is 9.78 Å². The summed E-state index contributed by atoms with van der Waals surface area (Å²) >= 11 is 0. The van der Waals surface area contributed by atoms with Gasteiger partial charge in [0, 0.05) is 55.0 Å². The summed E-state index contributed by atoms with van der Waals surface area (Å²) in [4.78, 5) is 23.5. The minimum absolute atomic E-state index is 0.145. The quantitative estimate of drug-likeness (QED) is 0.681. The SMILES string of the molecule is Cc1noc(C)c1CC(=O)N1CCC(Cn2c(C)cnc2-c2cccnc2)C1. The molecule has 1 aliphatic rings. The number of nitrogens with zero attached hydrogens (tertiary/aromatic N) is 5. The number of hydrogen-bond donors (Lipinski definition) is 0. The van der Waals surface area contributed by atoms with Gasteiger partial charge in [0.25, 0.3) is 0 Å². The van der Waals surface area contributed by atoms with Gasteiger partial charge in [0.05, 0.1) is 12.1 Å². The van der Waals surface area contributed by atoms with E-state index in [1.807, 2.05) is 43.3 Å². The van der Waals surface area contributed by atoms with Gasteiger partial charge in [-0.1, -0.05) is 5.16 Å². The highest BCUT2D eigenvalue weighted by Gasteiger charge is 2.28. The van der Waals surface area contributed by atoms with Crippen molar-refractivity contribution in [1.82, 2.24) is 24.6 Å². The van der Waals surface area contributed by atoms with Crippen molar-refractivity contribution in [2.75, 3.05) is 13.1 Å². The van der Waals surface area contributed by atoms with Gasteiger partial charge in [0.1, 0.15) is 11.6 Å². The second-order valence-corrected chi connectivity index (χ2v) is 7.55. The Balaban J connectivity index is 1.43. The molecule has 1 amide bonds. The largest absolute Gasteiger partial charge is 0.361 e. The predicted molar refractivity (Wildman–Crippen MR) is 105 cm³/mol. The maximum absolute atomic E-state index is 12.7. The third kappa shape index (κ3) is 3.56. The number of imidazole rings is 1. The maximum Gasteiger partial charge on any atom is 0.227 e. The van der Waals surface area contributed by atoms with Crippen molar-refractivity contribution < 1.29 is 9.32 Å². The molecule has 0 aromatic carbocycles. The number of carbonyl (C=O) groups excluding carboxylic acids is 1. The molecule has 7 nitrogen and oxygen atoms in total. The molecule has 1 atom stereocenters. The highest BCUT2D eigenvalue weighted by Crippen LogP contribution is 2.25. The lowest BCUT2D eigenvalue weighted by Gasteiger charge is -2.18. The summed E-state index contributed by atoms with van der Waals surface area (Å²) in [6.07, 6.45) is 6.86. The fourth-order valence-electron chi connectivity index (χ4n) is 3.90. The molecule has 0 N–H and O–H groups in total. The molecule has 146 valence electrons. The molecule has 3 aromatic heterocycles. The highest BCUT2D eigenvalue weighted by atomic mass is 16.5. The fraction of sp³-hybridized carbons (Fsp3) is 0.429. The average molecular weight is 379 g/mol. The molecule has 0 saturated carbocycles. The Morgan fingerprint density at radius 1 is 1.29 bits per heavy atom. The van der Waals surface area contributed by atoms with E-state index in [-0.39, 0.29) is 5.91 Å². The van der Waals surface area contributed by atoms with Crippen LogP contribution in [0.3, 0.4) is 0 Å². The van der Waals surface area contributed by atoms with Crippen molar-refractivity contribution >= 4 is 5.91 Å². The lowest BCUT2D eigenvalue weighted by Crippen LogP contribution is -2.31. The Morgan fingerprint density at radius 3 is 2.86 bits per heavy atom. The first-order valence-electron chi connectivity index (χ1n) is 9.65. The van der Waals surface area contributed by atoms with Crippen molar-refractivity contribution in [3.8, 4) is 11.4 Å². The van der Waals surface area contributed by atoms with E-state index in [0.29, 0.717) is 12.3 Å². The van der Waals surface area contributed by atoms with Crippen LogP contribution in [-0.4, -0.2) is 43.6 Å². The maximum atomic E-state index is 12.7. The molecule has 0 aliphatic carbocycles. The number of likely N-dealkylation sites (tertiary alicyclic amines) is 1. The Hall–Kier alpha value is -2.96. The average Bonchev–Trinajstić information content (AvgIpc) is 3.39. The van der Waals surface area contributed by atoms with Crippen molar-refractivity contribution in [3.63, 3.8) is 0 Å². The summed E-state index contributed by atoms with van der Waals surface area (Å²) in [5, 5.41) is 3.95. The summed E-state index contributed by atoms with van der Waals surface area (Å²) in [5.74, 6) is 2.23. The molecule has 1 unspecified atom stereocenters. The van der Waals surface area contributed by atoms with Crippen molar-refractivity contribution in [2.24, 2.45) is 5.92 Å². The predicted octanol–water partition coefficient (Wildman–Crippen LogP) is 2.95. The Bertz CT molecular complexity index is 957. The fourth-order valence-corrected chi connectivity index (χ4v) is 3.90. The topological polar surface area (TPSA) is 77.0 Å². The normalized spacial score (nSPS) is 16.7. The van der Waals surface area contributed by atoms with E-state index in [0.717, 1.165) is 60.2 Å². The Morgan fingerprint density at radius 2 is 2.14 bits per heavy atom. The lowest BCUT2D eigenvalue weighted by molar-refractivity contribution is -0.129. The summed E-state index contributed by atoms with van der Waals surface area (Å²) < 4.78 is 7.42. The molecule has 3 aromatic rings. The number of hydrogen-bond acceptors (Lipinski definition) is 5. The smallest absolute Gasteiger partial charge is 0.227 e. The van der Waals surface area contributed by atoms with Crippen LogP contribution in [0.15, 0.2) is 35.2 Å². The monoisotopic (exact) mass is 379 g/mol. The van der Waals surface area contributed by atoms with Gasteiger partial charge in [0.2, 0.25) is 5.91 Å². The molecule has 4 rings (SSSR count). The molecule has 0 bridgehead atoms. The summed E-state index contributed by atoms with van der Waals surface area (Å²) in [5.41, 5.74) is 3.86. The van der Waals surface area contributed by atoms with E-state index >= 15 is 0 Å². The van der Waals surface area contributed by atoms with Crippen molar-refractivity contribution in [1.29, 1.82) is 0 Å². The van der Waals surface area contributed by atoms with Crippen molar-refractivity contribution in [3.05, 3.63) is 53.4 Å². The number of pyridine rings is 1. The van der Waals surface area contributed by atoms with E-state index in [4.69, 9.17) is 4.52 Å². The molecular weight excluding hydrogens is 354 g/mol. The Kier molecular flexibility index (Phi) is 4.98. The van der Waals surface area contributed by atoms with Crippen LogP contribution in [0.2, 0.25) is 0 Å². The molecule has 0 radical (unpaired) electrons. The zero-order chi connectivity index (χ0) is 19.7. The van der Waals surface area contributed by atoms with E-state index in [1.165, 1.54) is 0 Å². The third-order valence-electron chi connectivity index (χ3n) is 5.56. The third-order valence-corrected chi connectivity index (χ3v) is 5.56. The first kappa shape index (κ1) is 18.4. The Labute approximate surface area is 164 Å². The molecule has 7 heteroatoms. The molecular formula is C21H25N5O2. The second-order valence-electron chi connectivity index (χ2n) is 7.55. The van der Waals surface area contributed by atoms with Gasteiger partial charge >= 0.3 is 0 Å². The van der Waals surface area contributed by atoms with Gasteiger partial charge in [-0.15, -0.1) is 0 Å².